The van der Waals surface area contributed by atoms with Gasteiger partial charge in [0.05, 0.1) is 33.4 Å². The summed E-state index contributed by atoms with van der Waals surface area (Å²) in [6, 6.07) is 20.1. The predicted molar refractivity (Wildman–Crippen MR) is 163 cm³/mol. The number of hydrogen-bond acceptors (Lipinski definition) is 11. The fourth-order valence-electron chi connectivity index (χ4n) is 4.12. The second-order valence-corrected chi connectivity index (χ2v) is 11.7. The van der Waals surface area contributed by atoms with E-state index >= 15 is 0 Å². The molecular formula is C30H29F3N6O9S. The summed E-state index contributed by atoms with van der Waals surface area (Å²) in [5, 5.41) is 29.1. The Morgan fingerprint density at radius 1 is 1.02 bits per heavy atom. The number of benzene rings is 3. The molecule has 0 aliphatic heterocycles. The molecule has 0 bridgehead atoms. The number of aliphatic hydroxyl groups excluding tert-OH is 1. The minimum absolute atomic E-state index is 0.0896. The van der Waals surface area contributed by atoms with Crippen molar-refractivity contribution in [1.29, 1.82) is 0 Å². The van der Waals surface area contributed by atoms with E-state index in [2.05, 4.69) is 15.2 Å². The highest BCUT2D eigenvalue weighted by atomic mass is 32.2. The lowest BCUT2D eigenvalue weighted by Crippen LogP contribution is -2.38. The second-order valence-electron chi connectivity index (χ2n) is 9.98. The molecule has 260 valence electrons. The van der Waals surface area contributed by atoms with E-state index in [-0.39, 0.29) is 35.0 Å². The molecule has 1 amide bonds. The van der Waals surface area contributed by atoms with E-state index in [1.54, 1.807) is 47.2 Å². The van der Waals surface area contributed by atoms with Gasteiger partial charge in [-0.3, -0.25) is 0 Å². The lowest BCUT2D eigenvalue weighted by molar-refractivity contribution is -0.712. The molecule has 0 atom stereocenters. The minimum Gasteiger partial charge on any atom is -0.569 e. The Balaban J connectivity index is 1.33. The summed E-state index contributed by atoms with van der Waals surface area (Å²) >= 11 is 0. The molecule has 49 heavy (non-hydrogen) atoms. The van der Waals surface area contributed by atoms with Crippen molar-refractivity contribution < 1.29 is 55.6 Å². The molecule has 1 aromatic heterocycles. The molecule has 0 radical (unpaired) electrons. The van der Waals surface area contributed by atoms with E-state index in [9.17, 15) is 41.5 Å². The van der Waals surface area contributed by atoms with Crippen molar-refractivity contribution in [2.45, 2.75) is 18.0 Å². The summed E-state index contributed by atoms with van der Waals surface area (Å²) < 4.78 is 78.4. The fourth-order valence-corrected chi connectivity index (χ4v) is 5.01. The van der Waals surface area contributed by atoms with Crippen LogP contribution in [0.1, 0.15) is 21.6 Å². The van der Waals surface area contributed by atoms with Gasteiger partial charge in [0.25, 0.3) is 16.8 Å². The van der Waals surface area contributed by atoms with Gasteiger partial charge in [-0.1, -0.05) is 48.0 Å². The highest BCUT2D eigenvalue weighted by molar-refractivity contribution is 7.90. The molecule has 4 aromatic rings. The lowest BCUT2D eigenvalue weighted by Gasteiger charge is -2.17. The maximum absolute atomic E-state index is 13.5. The Labute approximate surface area is 277 Å². The Hall–Kier alpha value is -5.69. The number of hydrogen-bond donors (Lipinski definition) is 2. The molecule has 2 N–H and O–H groups in total. The van der Waals surface area contributed by atoms with Gasteiger partial charge in [-0.15, -0.1) is 5.01 Å². The van der Waals surface area contributed by atoms with Crippen molar-refractivity contribution in [2.75, 3.05) is 33.1 Å². The van der Waals surface area contributed by atoms with Gasteiger partial charge in [-0.2, -0.15) is 18.3 Å². The van der Waals surface area contributed by atoms with Crippen molar-refractivity contribution in [1.82, 2.24) is 19.5 Å². The van der Waals surface area contributed by atoms with E-state index < -0.39 is 58.9 Å². The van der Waals surface area contributed by atoms with Crippen LogP contribution in [-0.4, -0.2) is 78.4 Å². The Bertz CT molecular complexity index is 1870. The Kier molecular flexibility index (Phi) is 11.8. The number of hydrazine groups is 1. The number of aromatic nitrogens is 2. The van der Waals surface area contributed by atoms with Gasteiger partial charge in [-0.25, -0.2) is 27.4 Å². The number of amides is 1. The average molecular weight is 707 g/mol. The van der Waals surface area contributed by atoms with E-state index in [0.717, 1.165) is 33.5 Å². The third-order valence-electron chi connectivity index (χ3n) is 6.52. The normalized spacial score (nSPS) is 11.9. The SMILES string of the molecule is Cc1ccc(-c2cc(C(F)(F)F)nn2-c2ccc(S(=O)(=O)NC(=O)OCCN(CCO)/[N+]([O-])=N/OCOC(=O)c3ccccc3)cc2)cc1. The molecule has 0 aliphatic carbocycles. The largest absolute Gasteiger partial charge is 0.569 e. The van der Waals surface area contributed by atoms with E-state index in [1.807, 2.05) is 6.92 Å². The van der Waals surface area contributed by atoms with Crippen LogP contribution in [0.2, 0.25) is 0 Å². The summed E-state index contributed by atoms with van der Waals surface area (Å²) in [4.78, 5) is 28.3. The van der Waals surface area contributed by atoms with Gasteiger partial charge in [0, 0.05) is 5.56 Å². The molecule has 1 heterocycles. The van der Waals surface area contributed by atoms with Gasteiger partial charge in [0.1, 0.15) is 19.7 Å². The van der Waals surface area contributed by atoms with Gasteiger partial charge in [0.15, 0.2) is 5.69 Å². The molecule has 4 rings (SSSR count). The molecule has 15 nitrogen and oxygen atoms in total. The number of alkyl halides is 3. The van der Waals surface area contributed by atoms with Crippen LogP contribution in [0, 0.1) is 12.1 Å². The number of carbonyl (C=O) groups excluding carboxylic acids is 2. The van der Waals surface area contributed by atoms with Crippen LogP contribution in [-0.2, 0) is 30.5 Å². The van der Waals surface area contributed by atoms with Crippen molar-refractivity contribution in [3.63, 3.8) is 0 Å². The lowest BCUT2D eigenvalue weighted by atomic mass is 10.1. The first-order valence-corrected chi connectivity index (χ1v) is 15.7. The average Bonchev–Trinajstić information content (AvgIpc) is 3.53. The number of ether oxygens (including phenoxy) is 2. The molecule has 0 saturated heterocycles. The number of aliphatic hydroxyl groups is 1. The van der Waals surface area contributed by atoms with Crippen LogP contribution in [0.15, 0.2) is 95.1 Å². The second kappa shape index (κ2) is 15.9. The van der Waals surface area contributed by atoms with Crippen LogP contribution in [0.4, 0.5) is 18.0 Å². The zero-order valence-electron chi connectivity index (χ0n) is 25.6. The first-order valence-electron chi connectivity index (χ1n) is 14.2. The molecule has 0 saturated carbocycles. The number of nitrogens with one attached hydrogen (secondary N) is 1. The van der Waals surface area contributed by atoms with Crippen LogP contribution in [0.3, 0.4) is 0 Å². The Morgan fingerprint density at radius 2 is 1.69 bits per heavy atom. The van der Waals surface area contributed by atoms with Crippen LogP contribution in [0.25, 0.3) is 16.9 Å². The number of nitrogens with zero attached hydrogens (tertiary/aromatic N) is 5. The summed E-state index contributed by atoms with van der Waals surface area (Å²) in [6.07, 6.45) is -6.14. The van der Waals surface area contributed by atoms with Gasteiger partial charge in [-0.05, 0) is 49.4 Å². The van der Waals surface area contributed by atoms with Crippen molar-refractivity contribution in [3.05, 3.63) is 107 Å². The first-order chi connectivity index (χ1) is 23.3. The van der Waals surface area contributed by atoms with Crippen molar-refractivity contribution >= 4 is 22.1 Å². The third-order valence-corrected chi connectivity index (χ3v) is 7.85. The number of aryl methyl sites for hydroxylation is 1. The zero-order chi connectivity index (χ0) is 35.6. The number of esters is 1. The maximum Gasteiger partial charge on any atom is 0.435 e. The van der Waals surface area contributed by atoms with Gasteiger partial charge >= 0.3 is 18.2 Å². The molecule has 0 fully saturated rings. The van der Waals surface area contributed by atoms with Crippen LogP contribution >= 0.6 is 0 Å². The monoisotopic (exact) mass is 706 g/mol. The first kappa shape index (κ1) is 36.2. The molecule has 0 unspecified atom stereocenters. The van der Waals surface area contributed by atoms with Crippen LogP contribution in [0.5, 0.6) is 0 Å². The topological polar surface area (TPSA) is 188 Å². The summed E-state index contributed by atoms with van der Waals surface area (Å²) in [6.45, 7) is -0.599. The number of carbonyl (C=O) groups is 2. The number of halogens is 3. The van der Waals surface area contributed by atoms with E-state index in [1.165, 1.54) is 24.3 Å². The quantitative estimate of drug-likeness (QED) is 0.0478. The van der Waals surface area contributed by atoms with Crippen LogP contribution < -0.4 is 4.72 Å². The minimum atomic E-state index is -4.73. The summed E-state index contributed by atoms with van der Waals surface area (Å²) in [5.41, 5.74) is 0.656. The fraction of sp³-hybridized carbons (Fsp3) is 0.233. The van der Waals surface area contributed by atoms with Gasteiger partial charge < -0.3 is 24.6 Å². The summed E-state index contributed by atoms with van der Waals surface area (Å²) in [7, 11) is -4.50. The third kappa shape index (κ3) is 9.91. The van der Waals surface area contributed by atoms with Gasteiger partial charge in [0.2, 0.25) is 5.28 Å². The maximum atomic E-state index is 13.5. The van der Waals surface area contributed by atoms with E-state index in [4.69, 9.17) is 9.47 Å². The highest BCUT2D eigenvalue weighted by Gasteiger charge is 2.35. The molecule has 3 aromatic carbocycles. The molecule has 19 heteroatoms. The molecule has 0 aliphatic rings. The molecule has 0 spiro atoms. The predicted octanol–water partition coefficient (Wildman–Crippen LogP) is 4.20. The molecular weight excluding hydrogens is 677 g/mol. The summed E-state index contributed by atoms with van der Waals surface area (Å²) in [5.74, 6) is -0.726. The zero-order valence-corrected chi connectivity index (χ0v) is 26.4. The Morgan fingerprint density at radius 3 is 2.33 bits per heavy atom. The van der Waals surface area contributed by atoms with Crippen molar-refractivity contribution in [2.24, 2.45) is 5.28 Å². The standard InChI is InChI=1S/C30H29F3N6O9S/c1-21-7-9-22(10-8-21)26-19-27(30(31,32)33)34-38(26)24-11-13-25(14-12-24)49(44,45)35-29(42)46-18-16-37(15-17-40)39(43)36-48-20-47-28(41)23-5-3-2-4-6-23/h2-14,19,40H,15-18,20H2,1H3,(H,35,42)/b39-36-. The number of rotatable bonds is 14. The number of sulfonamides is 1. The van der Waals surface area contributed by atoms with E-state index in [0.29, 0.717) is 5.56 Å². The van der Waals surface area contributed by atoms with Crippen molar-refractivity contribution in [3.8, 4) is 16.9 Å². The highest BCUT2D eigenvalue weighted by Crippen LogP contribution is 2.33. The smallest absolute Gasteiger partial charge is 0.435 e.